The fourth-order valence-electron chi connectivity index (χ4n) is 2.10. The molecule has 3 rings (SSSR count). The predicted octanol–water partition coefficient (Wildman–Crippen LogP) is 1.69. The zero-order valence-corrected chi connectivity index (χ0v) is 14.7. The maximum atomic E-state index is 12.1. The van der Waals surface area contributed by atoms with Gasteiger partial charge in [-0.2, -0.15) is 5.10 Å². The van der Waals surface area contributed by atoms with E-state index < -0.39 is 0 Å². The molecule has 0 unspecified atom stereocenters. The van der Waals surface area contributed by atoms with E-state index in [-0.39, 0.29) is 31.4 Å². The molecule has 3 heterocycles. The SMILES string of the molecule is O=C(CNC(=O)Cn1c(-c2cccs2)n[nH]c1=S)NCc1ccco1. The molecule has 130 valence electrons. The van der Waals surface area contributed by atoms with Crippen molar-refractivity contribution in [3.63, 3.8) is 0 Å². The largest absolute Gasteiger partial charge is 0.467 e. The van der Waals surface area contributed by atoms with Crippen LogP contribution in [-0.4, -0.2) is 33.1 Å². The lowest BCUT2D eigenvalue weighted by Crippen LogP contribution is -2.38. The quantitative estimate of drug-likeness (QED) is 0.544. The minimum Gasteiger partial charge on any atom is -0.467 e. The highest BCUT2D eigenvalue weighted by molar-refractivity contribution is 7.71. The van der Waals surface area contributed by atoms with Crippen LogP contribution in [0.5, 0.6) is 0 Å². The summed E-state index contributed by atoms with van der Waals surface area (Å²) < 4.78 is 7.06. The molecule has 0 saturated heterocycles. The highest BCUT2D eigenvalue weighted by atomic mass is 32.1. The van der Waals surface area contributed by atoms with E-state index in [1.807, 2.05) is 17.5 Å². The topological polar surface area (TPSA) is 105 Å². The van der Waals surface area contributed by atoms with E-state index in [2.05, 4.69) is 20.8 Å². The number of carbonyl (C=O) groups is 2. The molecule has 0 radical (unpaired) electrons. The highest BCUT2D eigenvalue weighted by Crippen LogP contribution is 2.22. The maximum Gasteiger partial charge on any atom is 0.240 e. The molecule has 0 aliphatic heterocycles. The number of H-pyrrole nitrogens is 1. The van der Waals surface area contributed by atoms with E-state index in [9.17, 15) is 9.59 Å². The van der Waals surface area contributed by atoms with Crippen molar-refractivity contribution in [1.29, 1.82) is 0 Å². The first-order valence-corrected chi connectivity index (χ1v) is 8.67. The molecule has 0 aromatic carbocycles. The number of furan rings is 1. The van der Waals surface area contributed by atoms with Crippen LogP contribution in [0, 0.1) is 4.77 Å². The number of carbonyl (C=O) groups excluding carboxylic acids is 2. The van der Waals surface area contributed by atoms with Crippen LogP contribution in [0.2, 0.25) is 0 Å². The van der Waals surface area contributed by atoms with Gasteiger partial charge in [-0.1, -0.05) is 6.07 Å². The number of amides is 2. The van der Waals surface area contributed by atoms with Crippen LogP contribution >= 0.6 is 23.6 Å². The molecule has 8 nitrogen and oxygen atoms in total. The molecule has 2 amide bonds. The summed E-state index contributed by atoms with van der Waals surface area (Å²) in [5.41, 5.74) is 0. The molecule has 0 spiro atoms. The summed E-state index contributed by atoms with van der Waals surface area (Å²) in [5, 5.41) is 14.0. The fraction of sp³-hybridized carbons (Fsp3) is 0.200. The van der Waals surface area contributed by atoms with E-state index >= 15 is 0 Å². The van der Waals surface area contributed by atoms with Gasteiger partial charge in [-0.3, -0.25) is 19.3 Å². The molecule has 10 heteroatoms. The van der Waals surface area contributed by atoms with Crippen molar-refractivity contribution < 1.29 is 14.0 Å². The summed E-state index contributed by atoms with van der Waals surface area (Å²) in [6.07, 6.45) is 1.53. The Balaban J connectivity index is 1.52. The molecular weight excluding hydrogens is 362 g/mol. The van der Waals surface area contributed by atoms with E-state index in [0.717, 1.165) is 4.88 Å². The first-order chi connectivity index (χ1) is 12.1. The lowest BCUT2D eigenvalue weighted by molar-refractivity contribution is -0.126. The third kappa shape index (κ3) is 4.43. The van der Waals surface area contributed by atoms with Crippen LogP contribution in [0.3, 0.4) is 0 Å². The van der Waals surface area contributed by atoms with Gasteiger partial charge in [-0.25, -0.2) is 0 Å². The average molecular weight is 377 g/mol. The molecule has 3 N–H and O–H groups in total. The Bertz CT molecular complexity index is 896. The number of aromatic amines is 1. The summed E-state index contributed by atoms with van der Waals surface area (Å²) in [4.78, 5) is 24.8. The number of rotatable bonds is 7. The molecule has 0 fully saturated rings. The molecule has 0 atom stereocenters. The van der Waals surface area contributed by atoms with Crippen LogP contribution < -0.4 is 10.6 Å². The van der Waals surface area contributed by atoms with Crippen molar-refractivity contribution in [3.05, 3.63) is 46.4 Å². The molecule has 0 aliphatic rings. The second kappa shape index (κ2) is 7.90. The first kappa shape index (κ1) is 17.1. The van der Waals surface area contributed by atoms with Crippen LogP contribution in [0.25, 0.3) is 10.7 Å². The Morgan fingerprint density at radius 1 is 1.28 bits per heavy atom. The maximum absolute atomic E-state index is 12.1. The Labute approximate surface area is 151 Å². The van der Waals surface area contributed by atoms with Gasteiger partial charge in [-0.15, -0.1) is 11.3 Å². The Morgan fingerprint density at radius 3 is 2.88 bits per heavy atom. The third-order valence-corrected chi connectivity index (χ3v) is 4.47. The lowest BCUT2D eigenvalue weighted by atomic mass is 10.4. The highest BCUT2D eigenvalue weighted by Gasteiger charge is 2.13. The summed E-state index contributed by atoms with van der Waals surface area (Å²) >= 11 is 6.67. The summed E-state index contributed by atoms with van der Waals surface area (Å²) in [7, 11) is 0. The smallest absolute Gasteiger partial charge is 0.240 e. The number of aromatic nitrogens is 3. The van der Waals surface area contributed by atoms with Gasteiger partial charge in [0.05, 0.1) is 24.2 Å². The van der Waals surface area contributed by atoms with Gasteiger partial charge in [-0.05, 0) is 35.8 Å². The van der Waals surface area contributed by atoms with Gasteiger partial charge in [0.2, 0.25) is 11.8 Å². The zero-order valence-electron chi connectivity index (χ0n) is 13.0. The Kier molecular flexibility index (Phi) is 5.41. The fourth-order valence-corrected chi connectivity index (χ4v) is 3.02. The minimum atomic E-state index is -0.330. The molecule has 0 aliphatic carbocycles. The number of hydrogen-bond donors (Lipinski definition) is 3. The Hall–Kier alpha value is -2.72. The van der Waals surface area contributed by atoms with Crippen molar-refractivity contribution in [2.24, 2.45) is 0 Å². The molecule has 3 aromatic rings. The van der Waals surface area contributed by atoms with Crippen LogP contribution in [0.15, 0.2) is 40.3 Å². The van der Waals surface area contributed by atoms with Gasteiger partial charge in [0.1, 0.15) is 12.3 Å². The van der Waals surface area contributed by atoms with E-state index in [0.29, 0.717) is 16.4 Å². The van der Waals surface area contributed by atoms with Crippen LogP contribution in [0.4, 0.5) is 0 Å². The van der Waals surface area contributed by atoms with Gasteiger partial charge in [0.15, 0.2) is 10.6 Å². The predicted molar refractivity (Wildman–Crippen MR) is 94.3 cm³/mol. The molecule has 0 bridgehead atoms. The normalized spacial score (nSPS) is 10.6. The summed E-state index contributed by atoms with van der Waals surface area (Å²) in [5.74, 6) is 0.602. The van der Waals surface area contributed by atoms with Gasteiger partial charge in [0, 0.05) is 0 Å². The number of nitrogens with zero attached hydrogens (tertiary/aromatic N) is 2. The van der Waals surface area contributed by atoms with Gasteiger partial charge < -0.3 is 15.1 Å². The summed E-state index contributed by atoms with van der Waals surface area (Å²) in [6.45, 7) is 0.129. The van der Waals surface area contributed by atoms with E-state index in [4.69, 9.17) is 16.6 Å². The number of nitrogens with one attached hydrogen (secondary N) is 3. The summed E-state index contributed by atoms with van der Waals surface area (Å²) in [6, 6.07) is 7.28. The molecule has 25 heavy (non-hydrogen) atoms. The first-order valence-electron chi connectivity index (χ1n) is 7.38. The molecular formula is C15H15N5O3S2. The standard InChI is InChI=1S/C15H15N5O3S2/c21-12(16-7-10-3-1-5-23-10)8-17-13(22)9-20-14(18-19-15(20)24)11-4-2-6-25-11/h1-6H,7-9H2,(H,16,21)(H,17,22)(H,19,24). The average Bonchev–Trinajstić information content (AvgIpc) is 3.34. The van der Waals surface area contributed by atoms with Crippen LogP contribution in [0.1, 0.15) is 5.76 Å². The van der Waals surface area contributed by atoms with Gasteiger partial charge in [0.25, 0.3) is 0 Å². The van der Waals surface area contributed by atoms with Crippen molar-refractivity contribution in [2.75, 3.05) is 6.54 Å². The van der Waals surface area contributed by atoms with Crippen LogP contribution in [-0.2, 0) is 22.7 Å². The van der Waals surface area contributed by atoms with Crippen molar-refractivity contribution in [3.8, 4) is 10.7 Å². The van der Waals surface area contributed by atoms with Crippen molar-refractivity contribution >= 4 is 35.4 Å². The minimum absolute atomic E-state index is 0.0198. The monoisotopic (exact) mass is 377 g/mol. The number of thiophene rings is 1. The third-order valence-electron chi connectivity index (χ3n) is 3.29. The van der Waals surface area contributed by atoms with E-state index in [1.165, 1.54) is 17.6 Å². The second-order valence-electron chi connectivity index (χ2n) is 5.05. The Morgan fingerprint density at radius 2 is 2.16 bits per heavy atom. The van der Waals surface area contributed by atoms with Crippen molar-refractivity contribution in [2.45, 2.75) is 13.1 Å². The van der Waals surface area contributed by atoms with Gasteiger partial charge >= 0.3 is 0 Å². The second-order valence-corrected chi connectivity index (χ2v) is 6.38. The van der Waals surface area contributed by atoms with Crippen molar-refractivity contribution in [1.82, 2.24) is 25.4 Å². The van der Waals surface area contributed by atoms with E-state index in [1.54, 1.807) is 16.7 Å². The number of hydrogen-bond acceptors (Lipinski definition) is 6. The molecule has 3 aromatic heterocycles. The lowest BCUT2D eigenvalue weighted by Gasteiger charge is -2.08. The molecule has 0 saturated carbocycles. The zero-order chi connectivity index (χ0) is 17.6.